The van der Waals surface area contributed by atoms with Crippen LogP contribution >= 0.6 is 0 Å². The normalized spacial score (nSPS) is 14.4. The maximum absolute atomic E-state index is 9.01. The third-order valence-corrected chi connectivity index (χ3v) is 2.98. The Hall–Kier alpha value is -1.55. The van der Waals surface area contributed by atoms with Crippen molar-refractivity contribution in [3.8, 4) is 6.07 Å². The van der Waals surface area contributed by atoms with Crippen LogP contribution in [0.1, 0.15) is 37.5 Å². The smallest absolute Gasteiger partial charge is 0.0998 e. The van der Waals surface area contributed by atoms with Gasteiger partial charge in [-0.25, -0.2) is 0 Å². The van der Waals surface area contributed by atoms with Crippen LogP contribution in [0.3, 0.4) is 0 Å². The Balaban J connectivity index is 2.50. The van der Waals surface area contributed by atoms with Gasteiger partial charge in [0.25, 0.3) is 0 Å². The number of benzene rings is 1. The molecule has 2 rings (SSSR count). The lowest BCUT2D eigenvalue weighted by Gasteiger charge is -2.19. The van der Waals surface area contributed by atoms with Crippen molar-refractivity contribution in [1.82, 2.24) is 0 Å². The first-order valence-electron chi connectivity index (χ1n) is 5.25. The van der Waals surface area contributed by atoms with Crippen LogP contribution in [0.4, 0.5) is 0 Å². The van der Waals surface area contributed by atoms with Crippen LogP contribution in [0.2, 0.25) is 0 Å². The highest BCUT2D eigenvalue weighted by Gasteiger charge is 2.23. The van der Waals surface area contributed by atoms with E-state index < -0.39 is 0 Å². The highest BCUT2D eigenvalue weighted by molar-refractivity contribution is 5.70. The molecule has 0 bridgehead atoms. The minimum atomic E-state index is 0.200. The summed E-state index contributed by atoms with van der Waals surface area (Å²) in [5.41, 5.74) is 4.84. The molecule has 15 heavy (non-hydrogen) atoms. The largest absolute Gasteiger partial charge is 0.192 e. The second kappa shape index (κ2) is 3.24. The van der Waals surface area contributed by atoms with Crippen molar-refractivity contribution in [2.75, 3.05) is 0 Å². The first-order chi connectivity index (χ1) is 7.02. The zero-order valence-corrected chi connectivity index (χ0v) is 9.46. The summed E-state index contributed by atoms with van der Waals surface area (Å²) in [6.07, 6.45) is 3.18. The van der Waals surface area contributed by atoms with Crippen LogP contribution < -0.4 is 0 Å². The van der Waals surface area contributed by atoms with E-state index in [1.165, 1.54) is 11.1 Å². The van der Waals surface area contributed by atoms with Gasteiger partial charge in [0.15, 0.2) is 0 Å². The van der Waals surface area contributed by atoms with E-state index in [4.69, 9.17) is 5.26 Å². The summed E-state index contributed by atoms with van der Waals surface area (Å²) >= 11 is 0. The van der Waals surface area contributed by atoms with Gasteiger partial charge in [0.2, 0.25) is 0 Å². The number of fused-ring (bicyclic) bond motifs is 1. The number of nitrogens with zero attached hydrogens (tertiary/aromatic N) is 1. The first-order valence-corrected chi connectivity index (χ1v) is 5.25. The van der Waals surface area contributed by atoms with Crippen LogP contribution in [0.5, 0.6) is 0 Å². The topological polar surface area (TPSA) is 23.8 Å². The van der Waals surface area contributed by atoms with Crippen LogP contribution in [-0.4, -0.2) is 0 Å². The summed E-state index contributed by atoms with van der Waals surface area (Å²) in [5, 5.41) is 9.01. The molecule has 0 unspecified atom stereocenters. The van der Waals surface area contributed by atoms with Crippen LogP contribution in [0.15, 0.2) is 23.8 Å². The molecule has 0 heterocycles. The molecule has 0 saturated carbocycles. The van der Waals surface area contributed by atoms with Gasteiger partial charge in [0.05, 0.1) is 11.6 Å². The Morgan fingerprint density at radius 1 is 1.27 bits per heavy atom. The molecule has 1 aromatic carbocycles. The molecule has 1 aliphatic carbocycles. The Labute approximate surface area is 91.0 Å². The lowest BCUT2D eigenvalue weighted by atomic mass is 9.85. The predicted molar refractivity (Wildman–Crippen MR) is 62.3 cm³/mol. The molecular formula is C14H15N. The molecule has 0 aliphatic heterocycles. The van der Waals surface area contributed by atoms with E-state index >= 15 is 0 Å². The van der Waals surface area contributed by atoms with Crippen molar-refractivity contribution in [3.05, 3.63) is 40.5 Å². The summed E-state index contributed by atoms with van der Waals surface area (Å²) in [7, 11) is 0. The fraction of sp³-hybridized carbons (Fsp3) is 0.357. The molecule has 1 nitrogen and oxygen atoms in total. The lowest BCUT2D eigenvalue weighted by molar-refractivity contribution is 0.498. The summed E-state index contributed by atoms with van der Waals surface area (Å²) in [6, 6.07) is 8.23. The zero-order chi connectivity index (χ0) is 11.1. The monoisotopic (exact) mass is 197 g/mol. The van der Waals surface area contributed by atoms with Gasteiger partial charge in [-0.1, -0.05) is 44.6 Å². The van der Waals surface area contributed by atoms with E-state index in [1.54, 1.807) is 0 Å². The van der Waals surface area contributed by atoms with E-state index in [-0.39, 0.29) is 5.41 Å². The number of hydrogen-bond donors (Lipinski definition) is 0. The van der Waals surface area contributed by atoms with Crippen LogP contribution in [0.25, 0.3) is 6.08 Å². The minimum Gasteiger partial charge on any atom is -0.192 e. The summed E-state index contributed by atoms with van der Waals surface area (Å²) in [6.45, 7) is 6.66. The van der Waals surface area contributed by atoms with E-state index in [9.17, 15) is 0 Å². The molecule has 1 aliphatic rings. The van der Waals surface area contributed by atoms with Gasteiger partial charge in [-0.3, -0.25) is 0 Å². The van der Waals surface area contributed by atoms with E-state index in [1.807, 2.05) is 12.1 Å². The Morgan fingerprint density at radius 2 is 2.00 bits per heavy atom. The molecule has 0 atom stereocenters. The third-order valence-electron chi connectivity index (χ3n) is 2.98. The van der Waals surface area contributed by atoms with Crippen molar-refractivity contribution < 1.29 is 0 Å². The van der Waals surface area contributed by atoms with Gasteiger partial charge in [-0.2, -0.15) is 5.26 Å². The van der Waals surface area contributed by atoms with Gasteiger partial charge >= 0.3 is 0 Å². The summed E-state index contributed by atoms with van der Waals surface area (Å²) in [5.74, 6) is 0. The van der Waals surface area contributed by atoms with Gasteiger partial charge in [0, 0.05) is 0 Å². The molecule has 0 spiro atoms. The van der Waals surface area contributed by atoms with Crippen molar-refractivity contribution >= 4 is 6.08 Å². The molecule has 0 amide bonds. The van der Waals surface area contributed by atoms with Gasteiger partial charge in [-0.15, -0.1) is 0 Å². The standard InChI is InChI=1S/C14H15N/c1-14(2,3)12-7-10-5-4-6-11(9-15)13(10)8-12/h4-6,8H,7H2,1-3H3. The number of rotatable bonds is 0. The second-order valence-corrected chi connectivity index (χ2v) is 5.09. The minimum absolute atomic E-state index is 0.200. The highest BCUT2D eigenvalue weighted by atomic mass is 14.3. The maximum Gasteiger partial charge on any atom is 0.0998 e. The molecule has 0 saturated heterocycles. The zero-order valence-electron chi connectivity index (χ0n) is 9.46. The molecule has 1 aromatic rings. The fourth-order valence-corrected chi connectivity index (χ4v) is 1.95. The molecule has 1 heteroatoms. The van der Waals surface area contributed by atoms with E-state index in [0.29, 0.717) is 0 Å². The Bertz CT molecular complexity index is 467. The fourth-order valence-electron chi connectivity index (χ4n) is 1.95. The summed E-state index contributed by atoms with van der Waals surface area (Å²) < 4.78 is 0. The Kier molecular flexibility index (Phi) is 2.16. The van der Waals surface area contributed by atoms with E-state index in [2.05, 4.69) is 39.0 Å². The molecule has 0 radical (unpaired) electrons. The molecule has 0 N–H and O–H groups in total. The quantitative estimate of drug-likeness (QED) is 0.624. The van der Waals surface area contributed by atoms with Gasteiger partial charge in [0.1, 0.15) is 0 Å². The van der Waals surface area contributed by atoms with E-state index in [0.717, 1.165) is 17.5 Å². The Morgan fingerprint density at radius 3 is 2.60 bits per heavy atom. The first kappa shape index (κ1) is 9.98. The number of nitriles is 1. The average Bonchev–Trinajstić information content (AvgIpc) is 2.59. The maximum atomic E-state index is 9.01. The van der Waals surface area contributed by atoms with Crippen molar-refractivity contribution in [2.24, 2.45) is 5.41 Å². The predicted octanol–water partition coefficient (Wildman–Crippen LogP) is 3.54. The number of hydrogen-bond acceptors (Lipinski definition) is 1. The SMILES string of the molecule is CC(C)(C)C1=Cc2c(C#N)cccc2C1. The lowest BCUT2D eigenvalue weighted by Crippen LogP contribution is -2.08. The molecule has 0 fully saturated rings. The van der Waals surface area contributed by atoms with Gasteiger partial charge in [-0.05, 0) is 29.0 Å². The van der Waals surface area contributed by atoms with Gasteiger partial charge < -0.3 is 0 Å². The van der Waals surface area contributed by atoms with Crippen LogP contribution in [-0.2, 0) is 6.42 Å². The van der Waals surface area contributed by atoms with Crippen LogP contribution in [0, 0.1) is 16.7 Å². The number of allylic oxidation sites excluding steroid dienone is 1. The molecular weight excluding hydrogens is 182 g/mol. The average molecular weight is 197 g/mol. The third kappa shape index (κ3) is 1.68. The molecule has 0 aromatic heterocycles. The second-order valence-electron chi connectivity index (χ2n) is 5.09. The highest BCUT2D eigenvalue weighted by Crippen LogP contribution is 2.37. The van der Waals surface area contributed by atoms with Crippen molar-refractivity contribution in [3.63, 3.8) is 0 Å². The molecule has 76 valence electrons. The van der Waals surface area contributed by atoms with Crippen molar-refractivity contribution in [1.29, 1.82) is 5.26 Å². The van der Waals surface area contributed by atoms with Crippen molar-refractivity contribution in [2.45, 2.75) is 27.2 Å². The summed E-state index contributed by atoms with van der Waals surface area (Å²) in [4.78, 5) is 0.